The summed E-state index contributed by atoms with van der Waals surface area (Å²) in [6, 6.07) is 19.0. The summed E-state index contributed by atoms with van der Waals surface area (Å²) in [4.78, 5) is 30.4. The smallest absolute Gasteiger partial charge is 0.302 e. The van der Waals surface area contributed by atoms with Crippen molar-refractivity contribution >= 4 is 11.9 Å². The lowest BCUT2D eigenvalue weighted by Crippen LogP contribution is -2.62. The van der Waals surface area contributed by atoms with Crippen LogP contribution in [0.5, 0.6) is 5.75 Å². The lowest BCUT2D eigenvalue weighted by atomic mass is 9.56. The fourth-order valence-corrected chi connectivity index (χ4v) is 7.44. The average molecular weight is 561 g/mol. The van der Waals surface area contributed by atoms with Gasteiger partial charge in [-0.05, 0) is 80.7 Å². The molecule has 3 fully saturated rings. The Hall–Kier alpha value is -2.86. The zero-order valence-electron chi connectivity index (χ0n) is 25.2. The van der Waals surface area contributed by atoms with Crippen LogP contribution in [-0.2, 0) is 26.2 Å². The number of piperidine rings is 1. The van der Waals surface area contributed by atoms with Gasteiger partial charge in [-0.1, -0.05) is 48.9 Å². The molecule has 1 unspecified atom stereocenters. The SMILES string of the molecule is COc1cccc([C@@]23CCN(CC4CC4)C[C@H]2C(OC(C)=O)C[C@@H](N(C)C(=O)CCCCCc2ccccc2)C3)c1. The number of unbranched alkanes of at least 4 members (excludes halogenated alkanes) is 2. The molecule has 6 heteroatoms. The number of hydrogen-bond acceptors (Lipinski definition) is 5. The van der Waals surface area contributed by atoms with Gasteiger partial charge in [0.1, 0.15) is 11.9 Å². The van der Waals surface area contributed by atoms with E-state index in [0.717, 1.165) is 69.8 Å². The Bertz CT molecular complexity index is 1170. The zero-order valence-corrected chi connectivity index (χ0v) is 25.2. The van der Waals surface area contributed by atoms with Crippen molar-refractivity contribution in [3.05, 3.63) is 65.7 Å². The highest BCUT2D eigenvalue weighted by atomic mass is 16.5. The Morgan fingerprint density at radius 1 is 1.05 bits per heavy atom. The first kappa shape index (κ1) is 29.6. The third kappa shape index (κ3) is 7.32. The van der Waals surface area contributed by atoms with E-state index >= 15 is 0 Å². The second kappa shape index (κ2) is 13.4. The molecule has 0 bridgehead atoms. The molecule has 222 valence electrons. The van der Waals surface area contributed by atoms with Crippen molar-refractivity contribution in [3.8, 4) is 5.75 Å². The molecular weight excluding hydrogens is 512 g/mol. The molecule has 2 saturated carbocycles. The molecule has 0 aromatic heterocycles. The number of hydrogen-bond donors (Lipinski definition) is 0. The summed E-state index contributed by atoms with van der Waals surface area (Å²) in [6.07, 6.45) is 9.67. The molecule has 5 rings (SSSR count). The van der Waals surface area contributed by atoms with Gasteiger partial charge >= 0.3 is 5.97 Å². The van der Waals surface area contributed by atoms with E-state index < -0.39 is 0 Å². The van der Waals surface area contributed by atoms with Crippen LogP contribution in [0.2, 0.25) is 0 Å². The molecule has 1 amide bonds. The fraction of sp³-hybridized carbons (Fsp3) is 0.600. The summed E-state index contributed by atoms with van der Waals surface area (Å²) in [5.74, 6) is 1.81. The summed E-state index contributed by atoms with van der Waals surface area (Å²) in [6.45, 7) is 4.62. The van der Waals surface area contributed by atoms with Crippen LogP contribution in [0.1, 0.15) is 75.8 Å². The van der Waals surface area contributed by atoms with Gasteiger partial charge in [-0.25, -0.2) is 0 Å². The van der Waals surface area contributed by atoms with Gasteiger partial charge in [0.15, 0.2) is 0 Å². The monoisotopic (exact) mass is 560 g/mol. The number of ether oxygens (including phenoxy) is 2. The number of carbonyl (C=O) groups is 2. The summed E-state index contributed by atoms with van der Waals surface area (Å²) in [5, 5.41) is 0. The lowest BCUT2D eigenvalue weighted by Gasteiger charge is -2.56. The minimum Gasteiger partial charge on any atom is -0.497 e. The highest BCUT2D eigenvalue weighted by Gasteiger charge is 2.54. The number of rotatable bonds is 12. The maximum atomic E-state index is 13.5. The van der Waals surface area contributed by atoms with Crippen LogP contribution in [0.4, 0.5) is 0 Å². The highest BCUT2D eigenvalue weighted by molar-refractivity contribution is 5.76. The topological polar surface area (TPSA) is 59.1 Å². The number of likely N-dealkylation sites (tertiary alicyclic amines) is 1. The van der Waals surface area contributed by atoms with Gasteiger partial charge in [-0.3, -0.25) is 9.59 Å². The van der Waals surface area contributed by atoms with Crippen LogP contribution in [0.25, 0.3) is 0 Å². The summed E-state index contributed by atoms with van der Waals surface area (Å²) < 4.78 is 11.8. The van der Waals surface area contributed by atoms with E-state index in [4.69, 9.17) is 9.47 Å². The minimum absolute atomic E-state index is 0.0219. The Kier molecular flexibility index (Phi) is 9.69. The van der Waals surface area contributed by atoms with Gasteiger partial charge in [0, 0.05) is 57.3 Å². The van der Waals surface area contributed by atoms with Gasteiger partial charge in [-0.2, -0.15) is 0 Å². The van der Waals surface area contributed by atoms with E-state index in [2.05, 4.69) is 47.4 Å². The molecule has 0 spiro atoms. The molecule has 0 radical (unpaired) electrons. The van der Waals surface area contributed by atoms with Crippen LogP contribution in [0, 0.1) is 11.8 Å². The first-order valence-corrected chi connectivity index (χ1v) is 15.7. The van der Waals surface area contributed by atoms with Crippen molar-refractivity contribution in [1.82, 2.24) is 9.80 Å². The normalized spacial score (nSPS) is 26.2. The second-order valence-corrected chi connectivity index (χ2v) is 12.7. The third-order valence-corrected chi connectivity index (χ3v) is 9.91. The zero-order chi connectivity index (χ0) is 28.8. The molecule has 2 aromatic rings. The number of aryl methyl sites for hydroxylation is 1. The quantitative estimate of drug-likeness (QED) is 0.235. The Labute approximate surface area is 246 Å². The van der Waals surface area contributed by atoms with Crippen molar-refractivity contribution in [1.29, 1.82) is 0 Å². The Morgan fingerprint density at radius 2 is 1.85 bits per heavy atom. The lowest BCUT2D eigenvalue weighted by molar-refractivity contribution is -0.160. The van der Waals surface area contributed by atoms with E-state index in [9.17, 15) is 9.59 Å². The van der Waals surface area contributed by atoms with Crippen molar-refractivity contribution in [2.24, 2.45) is 11.8 Å². The Morgan fingerprint density at radius 3 is 2.59 bits per heavy atom. The molecule has 1 saturated heterocycles. The van der Waals surface area contributed by atoms with Crippen molar-refractivity contribution in [2.75, 3.05) is 33.8 Å². The Balaban J connectivity index is 1.31. The molecule has 0 N–H and O–H groups in total. The number of carbonyl (C=O) groups excluding carboxylic acids is 2. The van der Waals surface area contributed by atoms with Crippen LogP contribution < -0.4 is 4.74 Å². The largest absolute Gasteiger partial charge is 0.497 e. The van der Waals surface area contributed by atoms with Gasteiger partial charge < -0.3 is 19.3 Å². The maximum Gasteiger partial charge on any atom is 0.302 e. The number of benzene rings is 2. The number of methoxy groups -OCH3 is 1. The predicted octanol–water partition coefficient (Wildman–Crippen LogP) is 6.02. The van der Waals surface area contributed by atoms with E-state index in [-0.39, 0.29) is 35.4 Å². The molecule has 1 aliphatic heterocycles. The molecule has 4 atom stereocenters. The van der Waals surface area contributed by atoms with E-state index in [1.807, 2.05) is 24.1 Å². The number of fused-ring (bicyclic) bond motifs is 1. The number of amides is 1. The molecule has 2 aromatic carbocycles. The molecule has 3 aliphatic rings. The van der Waals surface area contributed by atoms with E-state index in [1.54, 1.807) is 7.11 Å². The molecule has 2 aliphatic carbocycles. The van der Waals surface area contributed by atoms with Crippen LogP contribution in [-0.4, -0.2) is 67.6 Å². The summed E-state index contributed by atoms with van der Waals surface area (Å²) >= 11 is 0. The predicted molar refractivity (Wildman–Crippen MR) is 162 cm³/mol. The fourth-order valence-electron chi connectivity index (χ4n) is 7.44. The molecular formula is C35H48N2O4. The third-order valence-electron chi connectivity index (χ3n) is 9.91. The average Bonchev–Trinajstić information content (AvgIpc) is 3.81. The van der Waals surface area contributed by atoms with Gasteiger partial charge in [0.2, 0.25) is 5.91 Å². The van der Waals surface area contributed by atoms with Gasteiger partial charge in [-0.15, -0.1) is 0 Å². The van der Waals surface area contributed by atoms with Crippen LogP contribution in [0.15, 0.2) is 54.6 Å². The first-order valence-electron chi connectivity index (χ1n) is 15.7. The van der Waals surface area contributed by atoms with E-state index in [0.29, 0.717) is 12.8 Å². The minimum atomic E-state index is -0.234. The summed E-state index contributed by atoms with van der Waals surface area (Å²) in [7, 11) is 3.67. The highest BCUT2D eigenvalue weighted by Crippen LogP contribution is 2.52. The maximum absolute atomic E-state index is 13.5. The summed E-state index contributed by atoms with van der Waals surface area (Å²) in [5.41, 5.74) is 2.42. The number of esters is 1. The van der Waals surface area contributed by atoms with Crippen molar-refractivity contribution in [2.45, 2.75) is 88.7 Å². The second-order valence-electron chi connectivity index (χ2n) is 12.7. The standard InChI is InChI=1S/C35H48N2O4/c1-26(38)41-33-22-30(36(2)34(39)16-9-5-8-13-27-11-6-4-7-12-27)23-35(29-14-10-15-31(21-29)40-3)19-20-37(25-32(33)35)24-28-17-18-28/h4,6-7,10-12,14-15,21,28,30,32-33H,5,8-9,13,16-20,22-25H2,1-3H3/t30-,32+,33?,35+/m1/s1. The first-order chi connectivity index (χ1) is 19.9. The van der Waals surface area contributed by atoms with Crippen molar-refractivity contribution < 1.29 is 19.1 Å². The van der Waals surface area contributed by atoms with Crippen LogP contribution >= 0.6 is 0 Å². The molecule has 41 heavy (non-hydrogen) atoms. The van der Waals surface area contributed by atoms with Gasteiger partial charge in [0.05, 0.1) is 7.11 Å². The van der Waals surface area contributed by atoms with Crippen LogP contribution in [0.3, 0.4) is 0 Å². The molecule has 6 nitrogen and oxygen atoms in total. The van der Waals surface area contributed by atoms with E-state index in [1.165, 1.54) is 30.9 Å². The molecule has 1 heterocycles. The van der Waals surface area contributed by atoms with Gasteiger partial charge in [0.25, 0.3) is 0 Å². The number of nitrogens with zero attached hydrogens (tertiary/aromatic N) is 2. The van der Waals surface area contributed by atoms with Crippen molar-refractivity contribution in [3.63, 3.8) is 0 Å².